The molecule has 0 aliphatic carbocycles. The maximum Gasteiger partial charge on any atom is 0.250 e. The van der Waals surface area contributed by atoms with Gasteiger partial charge in [0.15, 0.2) is 0 Å². The van der Waals surface area contributed by atoms with Crippen molar-refractivity contribution in [3.63, 3.8) is 0 Å². The van der Waals surface area contributed by atoms with Crippen molar-refractivity contribution in [3.05, 3.63) is 34.7 Å². The lowest BCUT2D eigenvalue weighted by Gasteiger charge is -2.18. The molecular weight excluding hydrogens is 268 g/mol. The Hall–Kier alpha value is -1.62. The molecule has 1 aromatic rings. The molecule has 2 N–H and O–H groups in total. The van der Waals surface area contributed by atoms with Gasteiger partial charge in [-0.05, 0) is 18.9 Å². The topological polar surface area (TPSA) is 71.3 Å². The van der Waals surface area contributed by atoms with Crippen LogP contribution in [0.1, 0.15) is 39.5 Å². The van der Waals surface area contributed by atoms with Gasteiger partial charge in [0.2, 0.25) is 5.91 Å². The van der Waals surface area contributed by atoms with Crippen molar-refractivity contribution in [3.8, 4) is 0 Å². The highest BCUT2D eigenvalue weighted by atomic mass is 16.3. The molecule has 0 aliphatic rings. The number of aliphatic hydroxyl groups excluding tert-OH is 1. The van der Waals surface area contributed by atoms with Crippen LogP contribution in [0, 0.1) is 5.92 Å². The van der Waals surface area contributed by atoms with E-state index in [1.165, 1.54) is 10.6 Å². The third-order valence-electron chi connectivity index (χ3n) is 3.46. The summed E-state index contributed by atoms with van der Waals surface area (Å²) in [6, 6.07) is 4.85. The van der Waals surface area contributed by atoms with Gasteiger partial charge in [0.1, 0.15) is 0 Å². The Morgan fingerprint density at radius 3 is 2.52 bits per heavy atom. The Bertz CT molecular complexity index is 478. The van der Waals surface area contributed by atoms with Gasteiger partial charge in [0.05, 0.1) is 12.6 Å². The third kappa shape index (κ3) is 6.12. The quantitative estimate of drug-likeness (QED) is 0.726. The van der Waals surface area contributed by atoms with E-state index in [2.05, 4.69) is 19.2 Å². The van der Waals surface area contributed by atoms with Crippen LogP contribution in [0.3, 0.4) is 0 Å². The van der Waals surface area contributed by atoms with Crippen molar-refractivity contribution >= 4 is 5.91 Å². The molecule has 1 unspecified atom stereocenters. The van der Waals surface area contributed by atoms with Crippen molar-refractivity contribution in [2.45, 2.75) is 52.2 Å². The zero-order chi connectivity index (χ0) is 15.7. The summed E-state index contributed by atoms with van der Waals surface area (Å²) in [5.74, 6) is 0.0183. The van der Waals surface area contributed by atoms with Crippen LogP contribution >= 0.6 is 0 Å². The number of nitrogens with one attached hydrogen (secondary N) is 1. The molecule has 1 rings (SSSR count). The van der Waals surface area contributed by atoms with E-state index < -0.39 is 6.10 Å². The summed E-state index contributed by atoms with van der Waals surface area (Å²) in [7, 11) is 0. The van der Waals surface area contributed by atoms with Gasteiger partial charge in [-0.15, -0.1) is 0 Å². The van der Waals surface area contributed by atoms with E-state index in [4.69, 9.17) is 0 Å². The monoisotopic (exact) mass is 294 g/mol. The van der Waals surface area contributed by atoms with Crippen molar-refractivity contribution in [1.82, 2.24) is 9.88 Å². The fourth-order valence-electron chi connectivity index (χ4n) is 2.37. The summed E-state index contributed by atoms with van der Waals surface area (Å²) in [5.41, 5.74) is -0.155. The summed E-state index contributed by atoms with van der Waals surface area (Å²) >= 11 is 0. The van der Waals surface area contributed by atoms with Crippen LogP contribution in [0.5, 0.6) is 0 Å². The van der Waals surface area contributed by atoms with Crippen LogP contribution in [0.25, 0.3) is 0 Å². The second-order valence-corrected chi connectivity index (χ2v) is 5.36. The molecule has 0 aliphatic heterocycles. The van der Waals surface area contributed by atoms with Crippen molar-refractivity contribution in [1.29, 1.82) is 0 Å². The molecular formula is C16H26N2O3. The number of hydrogen-bond acceptors (Lipinski definition) is 3. The first kappa shape index (κ1) is 17.4. The lowest BCUT2D eigenvalue weighted by Crippen LogP contribution is -2.39. The summed E-state index contributed by atoms with van der Waals surface area (Å²) in [4.78, 5) is 23.6. The molecule has 1 amide bonds. The molecule has 1 heterocycles. The number of pyridine rings is 1. The van der Waals surface area contributed by atoms with E-state index in [0.29, 0.717) is 0 Å². The molecule has 118 valence electrons. The third-order valence-corrected chi connectivity index (χ3v) is 3.46. The van der Waals surface area contributed by atoms with Crippen molar-refractivity contribution < 1.29 is 9.90 Å². The summed E-state index contributed by atoms with van der Waals surface area (Å²) in [6.45, 7) is 4.48. The summed E-state index contributed by atoms with van der Waals surface area (Å²) < 4.78 is 1.44. The average molecular weight is 294 g/mol. The second-order valence-electron chi connectivity index (χ2n) is 5.36. The highest BCUT2D eigenvalue weighted by Gasteiger charge is 2.17. The maximum atomic E-state index is 12.1. The lowest BCUT2D eigenvalue weighted by molar-refractivity contribution is -0.126. The average Bonchev–Trinajstić information content (AvgIpc) is 2.47. The van der Waals surface area contributed by atoms with Gasteiger partial charge in [-0.3, -0.25) is 9.59 Å². The Labute approximate surface area is 126 Å². The van der Waals surface area contributed by atoms with E-state index in [9.17, 15) is 14.7 Å². The molecule has 1 atom stereocenters. The molecule has 0 saturated heterocycles. The minimum atomic E-state index is -0.766. The number of hydrogen-bond donors (Lipinski definition) is 2. The van der Waals surface area contributed by atoms with Gasteiger partial charge in [-0.2, -0.15) is 0 Å². The number of aliphatic hydroxyl groups is 1. The number of carbonyl (C=O) groups is 1. The number of amides is 1. The molecule has 0 bridgehead atoms. The molecule has 5 heteroatoms. The molecule has 0 radical (unpaired) electrons. The maximum absolute atomic E-state index is 12.1. The largest absolute Gasteiger partial charge is 0.389 e. The van der Waals surface area contributed by atoms with E-state index >= 15 is 0 Å². The Morgan fingerprint density at radius 2 is 1.95 bits per heavy atom. The zero-order valence-electron chi connectivity index (χ0n) is 12.9. The highest BCUT2D eigenvalue weighted by molar-refractivity contribution is 5.78. The Kier molecular flexibility index (Phi) is 7.75. The van der Waals surface area contributed by atoms with E-state index in [1.54, 1.807) is 18.3 Å². The molecule has 0 aromatic carbocycles. The number of aromatic nitrogens is 1. The van der Waals surface area contributed by atoms with Crippen LogP contribution in [-0.2, 0) is 11.3 Å². The minimum absolute atomic E-state index is 0.00170. The second kappa shape index (κ2) is 9.34. The standard InChI is InChI=1S/C16H26N2O3/c1-3-7-13(8-4-2)16(21)17-11-14(19)12-18-10-6-5-9-15(18)20/h5-6,9-10,13-14,19H,3-4,7-8,11-12H2,1-2H3,(H,17,21). The number of nitrogens with zero attached hydrogens (tertiary/aromatic N) is 1. The van der Waals surface area contributed by atoms with Gasteiger partial charge >= 0.3 is 0 Å². The van der Waals surface area contributed by atoms with Gasteiger partial charge < -0.3 is 15.0 Å². The van der Waals surface area contributed by atoms with Gasteiger partial charge in [0.25, 0.3) is 5.56 Å². The first-order chi connectivity index (χ1) is 10.1. The summed E-state index contributed by atoms with van der Waals surface area (Å²) in [5, 5.41) is 12.7. The predicted octanol–water partition coefficient (Wildman–Crippen LogP) is 1.54. The zero-order valence-corrected chi connectivity index (χ0v) is 12.9. The first-order valence-electron chi connectivity index (χ1n) is 7.69. The van der Waals surface area contributed by atoms with E-state index in [1.807, 2.05) is 0 Å². The van der Waals surface area contributed by atoms with Gasteiger partial charge in [0, 0.05) is 24.7 Å². The summed E-state index contributed by atoms with van der Waals surface area (Å²) in [6.07, 6.45) is 4.55. The molecule has 0 fully saturated rings. The van der Waals surface area contributed by atoms with E-state index in [0.717, 1.165) is 25.7 Å². The van der Waals surface area contributed by atoms with Gasteiger partial charge in [-0.25, -0.2) is 0 Å². The van der Waals surface area contributed by atoms with Gasteiger partial charge in [-0.1, -0.05) is 32.8 Å². The molecule has 0 spiro atoms. The van der Waals surface area contributed by atoms with Crippen LogP contribution in [0.15, 0.2) is 29.2 Å². The van der Waals surface area contributed by atoms with Crippen LogP contribution in [0.4, 0.5) is 0 Å². The van der Waals surface area contributed by atoms with Crippen LogP contribution in [0.2, 0.25) is 0 Å². The number of carbonyl (C=O) groups excluding carboxylic acids is 1. The first-order valence-corrected chi connectivity index (χ1v) is 7.69. The molecule has 0 saturated carbocycles. The van der Waals surface area contributed by atoms with Crippen LogP contribution in [-0.4, -0.2) is 28.2 Å². The molecule has 1 aromatic heterocycles. The lowest BCUT2D eigenvalue weighted by atomic mass is 9.97. The fourth-order valence-corrected chi connectivity index (χ4v) is 2.37. The molecule has 21 heavy (non-hydrogen) atoms. The smallest absolute Gasteiger partial charge is 0.250 e. The minimum Gasteiger partial charge on any atom is -0.389 e. The Balaban J connectivity index is 2.44. The SMILES string of the molecule is CCCC(CCC)C(=O)NCC(O)Cn1ccccc1=O. The molecule has 5 nitrogen and oxygen atoms in total. The number of rotatable bonds is 9. The Morgan fingerprint density at radius 1 is 1.29 bits per heavy atom. The fraction of sp³-hybridized carbons (Fsp3) is 0.625. The predicted molar refractivity (Wildman–Crippen MR) is 83.0 cm³/mol. The van der Waals surface area contributed by atoms with Crippen molar-refractivity contribution in [2.75, 3.05) is 6.54 Å². The van der Waals surface area contributed by atoms with Crippen molar-refractivity contribution in [2.24, 2.45) is 5.92 Å². The highest BCUT2D eigenvalue weighted by Crippen LogP contribution is 2.13. The van der Waals surface area contributed by atoms with Crippen LogP contribution < -0.4 is 10.9 Å². The van der Waals surface area contributed by atoms with E-state index in [-0.39, 0.29) is 30.5 Å². The normalized spacial score (nSPS) is 12.4.